The van der Waals surface area contributed by atoms with E-state index < -0.39 is 0 Å². The Hall–Kier alpha value is -0.0800. The zero-order valence-corrected chi connectivity index (χ0v) is 10.7. The molecule has 0 atom stereocenters. The van der Waals surface area contributed by atoms with Gasteiger partial charge < -0.3 is 10.6 Å². The molecule has 0 aromatic rings. The molecule has 0 unspecified atom stereocenters. The lowest BCUT2D eigenvalue weighted by Crippen LogP contribution is -2.32. The van der Waals surface area contributed by atoms with Gasteiger partial charge in [0.2, 0.25) is 0 Å². The smallest absolute Gasteiger partial charge is 0.000672 e. The fourth-order valence-electron chi connectivity index (χ4n) is 2.79. The summed E-state index contributed by atoms with van der Waals surface area (Å²) in [7, 11) is 2.26. The maximum Gasteiger partial charge on any atom is 0.000672 e. The molecule has 0 radical (unpaired) electrons. The van der Waals surface area contributed by atoms with E-state index in [1.165, 1.54) is 38.8 Å². The van der Waals surface area contributed by atoms with Gasteiger partial charge in [-0.25, -0.2) is 0 Å². The van der Waals surface area contributed by atoms with E-state index in [0.29, 0.717) is 0 Å². The van der Waals surface area contributed by atoms with Crippen LogP contribution in [-0.2, 0) is 0 Å². The second kappa shape index (κ2) is 6.49. The maximum absolute atomic E-state index is 5.71. The van der Waals surface area contributed by atoms with E-state index in [-0.39, 0.29) is 0 Å². The Morgan fingerprint density at radius 2 is 1.67 bits per heavy atom. The number of nitrogens with zero attached hydrogens (tertiary/aromatic N) is 1. The van der Waals surface area contributed by atoms with E-state index in [1.54, 1.807) is 0 Å². The van der Waals surface area contributed by atoms with Crippen LogP contribution in [0.3, 0.4) is 0 Å². The molecule has 0 aromatic heterocycles. The third-order valence-corrected chi connectivity index (χ3v) is 3.55. The van der Waals surface area contributed by atoms with Crippen LogP contribution in [0.15, 0.2) is 0 Å². The number of hydrogen-bond donors (Lipinski definition) is 1. The third-order valence-electron chi connectivity index (χ3n) is 3.55. The molecule has 0 heterocycles. The predicted octanol–water partition coefficient (Wildman–Crippen LogP) is 2.34. The standard InChI is InChI=1S/C13H28N2/c1-11(2)9-15(3)10-13-6-4-12(8-14)5-7-13/h11-13H,4-10,14H2,1-3H3. The number of nitrogens with two attached hydrogens (primary N) is 1. The third kappa shape index (κ3) is 4.98. The molecule has 2 nitrogen and oxygen atoms in total. The second-order valence-electron chi connectivity index (χ2n) is 5.74. The van der Waals surface area contributed by atoms with E-state index in [1.807, 2.05) is 0 Å². The van der Waals surface area contributed by atoms with Gasteiger partial charge in [-0.15, -0.1) is 0 Å². The van der Waals surface area contributed by atoms with Gasteiger partial charge in [-0.1, -0.05) is 13.8 Å². The number of rotatable bonds is 5. The summed E-state index contributed by atoms with van der Waals surface area (Å²) in [6.45, 7) is 8.00. The highest BCUT2D eigenvalue weighted by atomic mass is 15.1. The highest BCUT2D eigenvalue weighted by Crippen LogP contribution is 2.28. The van der Waals surface area contributed by atoms with Crippen LogP contribution in [0.4, 0.5) is 0 Å². The summed E-state index contributed by atoms with van der Waals surface area (Å²) in [5.41, 5.74) is 5.71. The van der Waals surface area contributed by atoms with E-state index in [4.69, 9.17) is 5.73 Å². The first kappa shape index (κ1) is 13.0. The lowest BCUT2D eigenvalue weighted by molar-refractivity contribution is 0.194. The van der Waals surface area contributed by atoms with Crippen molar-refractivity contribution in [1.29, 1.82) is 0 Å². The molecule has 0 aromatic carbocycles. The summed E-state index contributed by atoms with van der Waals surface area (Å²) < 4.78 is 0. The normalized spacial score (nSPS) is 27.6. The summed E-state index contributed by atoms with van der Waals surface area (Å²) >= 11 is 0. The van der Waals surface area contributed by atoms with Crippen LogP contribution in [0, 0.1) is 17.8 Å². The summed E-state index contributed by atoms with van der Waals surface area (Å²) in [6, 6.07) is 0. The average Bonchev–Trinajstić information content (AvgIpc) is 2.17. The Bertz CT molecular complexity index is 160. The van der Waals surface area contributed by atoms with Crippen LogP contribution >= 0.6 is 0 Å². The predicted molar refractivity (Wildman–Crippen MR) is 66.8 cm³/mol. The molecule has 0 bridgehead atoms. The van der Waals surface area contributed by atoms with Crippen LogP contribution in [0.1, 0.15) is 39.5 Å². The van der Waals surface area contributed by atoms with Crippen LogP contribution < -0.4 is 5.73 Å². The molecule has 2 heteroatoms. The molecular formula is C13H28N2. The second-order valence-corrected chi connectivity index (χ2v) is 5.74. The van der Waals surface area contributed by atoms with Crippen LogP contribution in [-0.4, -0.2) is 31.6 Å². The molecule has 1 aliphatic carbocycles. The topological polar surface area (TPSA) is 29.3 Å². The average molecular weight is 212 g/mol. The van der Waals surface area contributed by atoms with Crippen molar-refractivity contribution in [3.63, 3.8) is 0 Å². The zero-order valence-electron chi connectivity index (χ0n) is 10.7. The Kier molecular flexibility index (Phi) is 5.62. The van der Waals surface area contributed by atoms with Crippen LogP contribution in [0.25, 0.3) is 0 Å². The van der Waals surface area contributed by atoms with Gasteiger partial charge >= 0.3 is 0 Å². The summed E-state index contributed by atoms with van der Waals surface area (Å²) in [5.74, 6) is 2.53. The Morgan fingerprint density at radius 1 is 1.13 bits per heavy atom. The van der Waals surface area contributed by atoms with Crippen molar-refractivity contribution in [2.45, 2.75) is 39.5 Å². The largest absolute Gasteiger partial charge is 0.330 e. The molecule has 1 saturated carbocycles. The molecule has 0 amide bonds. The van der Waals surface area contributed by atoms with Gasteiger partial charge in [-0.3, -0.25) is 0 Å². The van der Waals surface area contributed by atoms with Gasteiger partial charge in [0.25, 0.3) is 0 Å². The Labute approximate surface area is 95.2 Å². The molecule has 15 heavy (non-hydrogen) atoms. The minimum Gasteiger partial charge on any atom is -0.330 e. The lowest BCUT2D eigenvalue weighted by Gasteiger charge is -2.31. The minimum absolute atomic E-state index is 0.787. The van der Waals surface area contributed by atoms with Crippen molar-refractivity contribution in [2.75, 3.05) is 26.7 Å². The fraction of sp³-hybridized carbons (Fsp3) is 1.00. The molecule has 1 aliphatic rings. The monoisotopic (exact) mass is 212 g/mol. The van der Waals surface area contributed by atoms with Crippen molar-refractivity contribution in [3.05, 3.63) is 0 Å². The van der Waals surface area contributed by atoms with Gasteiger partial charge in [-0.05, 0) is 57.0 Å². The first-order valence-electron chi connectivity index (χ1n) is 6.50. The SMILES string of the molecule is CC(C)CN(C)CC1CCC(CN)CC1. The van der Waals surface area contributed by atoms with Crippen molar-refractivity contribution in [1.82, 2.24) is 4.90 Å². The van der Waals surface area contributed by atoms with Crippen molar-refractivity contribution in [2.24, 2.45) is 23.5 Å². The van der Waals surface area contributed by atoms with E-state index in [0.717, 1.165) is 24.3 Å². The maximum atomic E-state index is 5.71. The Balaban J connectivity index is 2.17. The van der Waals surface area contributed by atoms with E-state index in [2.05, 4.69) is 25.8 Å². The van der Waals surface area contributed by atoms with Crippen LogP contribution in [0.5, 0.6) is 0 Å². The zero-order chi connectivity index (χ0) is 11.3. The quantitative estimate of drug-likeness (QED) is 0.758. The lowest BCUT2D eigenvalue weighted by atomic mass is 9.82. The summed E-state index contributed by atoms with van der Waals surface area (Å²) in [4.78, 5) is 2.50. The van der Waals surface area contributed by atoms with Crippen LogP contribution in [0.2, 0.25) is 0 Å². The minimum atomic E-state index is 0.787. The first-order chi connectivity index (χ1) is 7.11. The van der Waals surface area contributed by atoms with Gasteiger partial charge in [0.1, 0.15) is 0 Å². The van der Waals surface area contributed by atoms with Gasteiger partial charge in [0.05, 0.1) is 0 Å². The molecule has 1 fully saturated rings. The molecular weight excluding hydrogens is 184 g/mol. The molecule has 0 spiro atoms. The van der Waals surface area contributed by atoms with Gasteiger partial charge in [0, 0.05) is 13.1 Å². The van der Waals surface area contributed by atoms with Crippen molar-refractivity contribution < 1.29 is 0 Å². The van der Waals surface area contributed by atoms with E-state index in [9.17, 15) is 0 Å². The Morgan fingerprint density at radius 3 is 2.13 bits per heavy atom. The van der Waals surface area contributed by atoms with Crippen molar-refractivity contribution >= 4 is 0 Å². The molecule has 1 rings (SSSR count). The summed E-state index contributed by atoms with van der Waals surface area (Å²) in [6.07, 6.45) is 5.50. The fourth-order valence-corrected chi connectivity index (χ4v) is 2.79. The molecule has 2 N–H and O–H groups in total. The number of hydrogen-bond acceptors (Lipinski definition) is 2. The highest BCUT2D eigenvalue weighted by Gasteiger charge is 2.21. The highest BCUT2D eigenvalue weighted by molar-refractivity contribution is 4.75. The van der Waals surface area contributed by atoms with Crippen molar-refractivity contribution in [3.8, 4) is 0 Å². The first-order valence-corrected chi connectivity index (χ1v) is 6.50. The van der Waals surface area contributed by atoms with Gasteiger partial charge in [0.15, 0.2) is 0 Å². The van der Waals surface area contributed by atoms with Gasteiger partial charge in [-0.2, -0.15) is 0 Å². The molecule has 0 aliphatic heterocycles. The van der Waals surface area contributed by atoms with E-state index >= 15 is 0 Å². The molecule has 0 saturated heterocycles. The summed E-state index contributed by atoms with van der Waals surface area (Å²) in [5, 5.41) is 0. The molecule has 90 valence electrons.